The molecule has 1 atom stereocenters. The average molecular weight is 436 g/mol. The second-order valence-electron chi connectivity index (χ2n) is 7.10. The Balaban J connectivity index is 1.87. The smallest absolute Gasteiger partial charge is 0.496 e. The zero-order valence-electron chi connectivity index (χ0n) is 16.9. The zero-order valence-corrected chi connectivity index (χ0v) is 16.9. The Bertz CT molecular complexity index is 1040. The molecular weight excluding hydrogens is 417 g/mol. The van der Waals surface area contributed by atoms with Crippen LogP contribution in [0.5, 0.6) is 11.5 Å². The molecule has 1 aliphatic rings. The number of halogens is 3. The van der Waals surface area contributed by atoms with Crippen molar-refractivity contribution in [1.82, 2.24) is 10.2 Å². The maximum Gasteiger partial charge on any atom is 0.573 e. The van der Waals surface area contributed by atoms with Gasteiger partial charge in [0.2, 0.25) is 0 Å². The maximum atomic E-state index is 13.1. The van der Waals surface area contributed by atoms with Crippen LogP contribution in [0, 0.1) is 0 Å². The van der Waals surface area contributed by atoms with Crippen molar-refractivity contribution in [2.45, 2.75) is 32.3 Å². The quantitative estimate of drug-likeness (QED) is 0.551. The Morgan fingerprint density at radius 1 is 1.13 bits per heavy atom. The number of hydrogen-bond acceptors (Lipinski definition) is 5. The molecule has 1 saturated heterocycles. The van der Waals surface area contributed by atoms with Crippen LogP contribution in [0.3, 0.4) is 0 Å². The lowest BCUT2D eigenvalue weighted by molar-refractivity contribution is -0.274. The van der Waals surface area contributed by atoms with Crippen LogP contribution >= 0.6 is 0 Å². The van der Waals surface area contributed by atoms with Gasteiger partial charge in [0.15, 0.2) is 5.78 Å². The number of ether oxygens (including phenoxy) is 2. The number of benzene rings is 2. The number of rotatable bonds is 6. The number of carbonyl (C=O) groups excluding carboxylic acids is 3. The normalized spacial score (nSPS) is 18.7. The van der Waals surface area contributed by atoms with Crippen molar-refractivity contribution in [3.8, 4) is 11.5 Å². The predicted octanol–water partition coefficient (Wildman–Crippen LogP) is 3.76. The summed E-state index contributed by atoms with van der Waals surface area (Å²) in [5.41, 5.74) is -0.353. The third-order valence-corrected chi connectivity index (χ3v) is 4.96. The van der Waals surface area contributed by atoms with E-state index in [1.165, 1.54) is 33.1 Å². The minimum atomic E-state index is -4.84. The number of carbonyl (C=O) groups is 3. The van der Waals surface area contributed by atoms with Crippen LogP contribution in [0.25, 0.3) is 0 Å². The molecule has 164 valence electrons. The van der Waals surface area contributed by atoms with E-state index in [1.807, 2.05) is 0 Å². The number of Topliss-reactive ketones (excluding diaryl/α,β-unsaturated/α-hetero) is 1. The van der Waals surface area contributed by atoms with Crippen molar-refractivity contribution in [2.75, 3.05) is 7.11 Å². The average Bonchev–Trinajstić information content (AvgIpc) is 2.91. The molecule has 2 aromatic rings. The fourth-order valence-electron chi connectivity index (χ4n) is 3.32. The van der Waals surface area contributed by atoms with Gasteiger partial charge in [0.25, 0.3) is 5.91 Å². The third kappa shape index (κ3) is 4.47. The van der Waals surface area contributed by atoms with Gasteiger partial charge in [-0.3, -0.25) is 14.5 Å². The van der Waals surface area contributed by atoms with Crippen LogP contribution in [0.15, 0.2) is 42.5 Å². The van der Waals surface area contributed by atoms with Gasteiger partial charge in [-0.15, -0.1) is 13.2 Å². The monoisotopic (exact) mass is 436 g/mol. The maximum absolute atomic E-state index is 13.1. The number of amides is 3. The standard InChI is InChI=1S/C21H19F3N2O5/c1-12(27)13-4-9-17(30-3)14(10-13)11-26-18(28)20(2,25-19(26)29)15-5-7-16(8-6-15)31-21(22,23)24/h4-10H,11H2,1-3H3,(H,25,29). The van der Waals surface area contributed by atoms with Gasteiger partial charge in [-0.2, -0.15) is 0 Å². The predicted molar refractivity (Wildman–Crippen MR) is 103 cm³/mol. The molecule has 0 bridgehead atoms. The summed E-state index contributed by atoms with van der Waals surface area (Å²) in [6.45, 7) is 2.69. The third-order valence-electron chi connectivity index (χ3n) is 4.96. The van der Waals surface area contributed by atoms with Crippen molar-refractivity contribution in [3.63, 3.8) is 0 Å². The summed E-state index contributed by atoms with van der Waals surface area (Å²) >= 11 is 0. The summed E-state index contributed by atoms with van der Waals surface area (Å²) in [7, 11) is 1.42. The topological polar surface area (TPSA) is 84.9 Å². The molecule has 0 aromatic heterocycles. The van der Waals surface area contributed by atoms with Crippen molar-refractivity contribution < 1.29 is 37.0 Å². The van der Waals surface area contributed by atoms with Crippen molar-refractivity contribution in [2.24, 2.45) is 0 Å². The molecule has 1 aliphatic heterocycles. The Morgan fingerprint density at radius 3 is 2.32 bits per heavy atom. The summed E-state index contributed by atoms with van der Waals surface area (Å²) in [4.78, 5) is 38.3. The molecule has 3 amide bonds. The molecule has 1 N–H and O–H groups in total. The molecular formula is C21H19F3N2O5. The molecule has 1 heterocycles. The van der Waals surface area contributed by atoms with Gasteiger partial charge in [-0.05, 0) is 49.7 Å². The Hall–Kier alpha value is -3.56. The number of imide groups is 1. The van der Waals surface area contributed by atoms with E-state index in [4.69, 9.17) is 4.74 Å². The van der Waals surface area contributed by atoms with Crippen LogP contribution in [-0.2, 0) is 16.9 Å². The highest BCUT2D eigenvalue weighted by Crippen LogP contribution is 2.33. The highest BCUT2D eigenvalue weighted by molar-refractivity contribution is 6.07. The number of ketones is 1. The van der Waals surface area contributed by atoms with E-state index < -0.39 is 29.6 Å². The minimum Gasteiger partial charge on any atom is -0.496 e. The molecule has 1 fully saturated rings. The van der Waals surface area contributed by atoms with Crippen LogP contribution in [0.2, 0.25) is 0 Å². The molecule has 7 nitrogen and oxygen atoms in total. The van der Waals surface area contributed by atoms with E-state index in [0.717, 1.165) is 17.0 Å². The molecule has 2 aromatic carbocycles. The van der Waals surface area contributed by atoms with E-state index in [0.29, 0.717) is 16.9 Å². The molecule has 31 heavy (non-hydrogen) atoms. The lowest BCUT2D eigenvalue weighted by Crippen LogP contribution is -2.40. The van der Waals surface area contributed by atoms with Crippen LogP contribution < -0.4 is 14.8 Å². The Morgan fingerprint density at radius 2 is 1.77 bits per heavy atom. The first kappa shape index (κ1) is 22.1. The first-order valence-electron chi connectivity index (χ1n) is 9.13. The van der Waals surface area contributed by atoms with Crippen molar-refractivity contribution in [1.29, 1.82) is 0 Å². The number of nitrogens with one attached hydrogen (secondary N) is 1. The lowest BCUT2D eigenvalue weighted by atomic mass is 9.92. The minimum absolute atomic E-state index is 0.153. The van der Waals surface area contributed by atoms with E-state index >= 15 is 0 Å². The number of nitrogens with zero attached hydrogens (tertiary/aromatic N) is 1. The molecule has 0 spiro atoms. The van der Waals surface area contributed by atoms with Crippen LogP contribution in [0.4, 0.5) is 18.0 Å². The fourth-order valence-corrected chi connectivity index (χ4v) is 3.32. The van der Waals surface area contributed by atoms with Crippen LogP contribution in [0.1, 0.15) is 35.3 Å². The molecule has 3 rings (SSSR count). The summed E-state index contributed by atoms with van der Waals surface area (Å²) in [5, 5.41) is 2.58. The molecule has 10 heteroatoms. The highest BCUT2D eigenvalue weighted by Gasteiger charge is 2.49. The first-order valence-corrected chi connectivity index (χ1v) is 9.13. The second kappa shape index (κ2) is 7.93. The molecule has 1 unspecified atom stereocenters. The zero-order chi connectivity index (χ0) is 23.0. The second-order valence-corrected chi connectivity index (χ2v) is 7.10. The number of hydrogen-bond donors (Lipinski definition) is 1. The summed E-state index contributed by atoms with van der Waals surface area (Å²) in [6, 6.07) is 8.69. The Kier molecular flexibility index (Phi) is 5.66. The molecule has 0 radical (unpaired) electrons. The van der Waals surface area contributed by atoms with Gasteiger partial charge in [-0.25, -0.2) is 4.79 Å². The van der Waals surface area contributed by atoms with E-state index in [-0.39, 0.29) is 17.9 Å². The largest absolute Gasteiger partial charge is 0.573 e. The van der Waals surface area contributed by atoms with Gasteiger partial charge < -0.3 is 14.8 Å². The van der Waals surface area contributed by atoms with Gasteiger partial charge >= 0.3 is 12.4 Å². The lowest BCUT2D eigenvalue weighted by Gasteiger charge is -2.23. The van der Waals surface area contributed by atoms with Crippen molar-refractivity contribution in [3.05, 3.63) is 59.2 Å². The Labute approximate surface area is 175 Å². The number of alkyl halides is 3. The van der Waals surface area contributed by atoms with Gasteiger partial charge in [-0.1, -0.05) is 12.1 Å². The summed E-state index contributed by atoms with van der Waals surface area (Å²) < 4.78 is 46.2. The molecule has 0 saturated carbocycles. The van der Waals surface area contributed by atoms with Gasteiger partial charge in [0.05, 0.1) is 13.7 Å². The fraction of sp³-hybridized carbons (Fsp3) is 0.286. The first-order chi connectivity index (χ1) is 14.4. The van der Waals surface area contributed by atoms with E-state index in [2.05, 4.69) is 10.1 Å². The SMILES string of the molecule is COc1ccc(C(C)=O)cc1CN1C(=O)NC(C)(c2ccc(OC(F)(F)F)cc2)C1=O. The van der Waals surface area contributed by atoms with Gasteiger partial charge in [0, 0.05) is 11.1 Å². The van der Waals surface area contributed by atoms with Crippen molar-refractivity contribution >= 4 is 17.7 Å². The van der Waals surface area contributed by atoms with Gasteiger partial charge in [0.1, 0.15) is 17.0 Å². The number of methoxy groups -OCH3 is 1. The summed E-state index contributed by atoms with van der Waals surface area (Å²) in [6.07, 6.45) is -4.84. The number of urea groups is 1. The van der Waals surface area contributed by atoms with E-state index in [1.54, 1.807) is 18.2 Å². The molecule has 0 aliphatic carbocycles. The summed E-state index contributed by atoms with van der Waals surface area (Å²) in [5.74, 6) is -0.837. The van der Waals surface area contributed by atoms with E-state index in [9.17, 15) is 27.6 Å². The van der Waals surface area contributed by atoms with Crippen LogP contribution in [-0.4, -0.2) is 36.1 Å². The highest BCUT2D eigenvalue weighted by atomic mass is 19.4.